The summed E-state index contributed by atoms with van der Waals surface area (Å²) in [5.74, 6) is 0.708. The van der Waals surface area contributed by atoms with Gasteiger partial charge in [-0.05, 0) is 29.8 Å². The molecule has 0 spiro atoms. The van der Waals surface area contributed by atoms with Crippen LogP contribution in [0.4, 0.5) is 5.69 Å². The Morgan fingerprint density at radius 2 is 1.61 bits per heavy atom. The average Bonchev–Trinajstić information content (AvgIpc) is 3.03. The van der Waals surface area contributed by atoms with Gasteiger partial charge in [0, 0.05) is 31.9 Å². The van der Waals surface area contributed by atoms with Gasteiger partial charge in [-0.2, -0.15) is 0 Å². The van der Waals surface area contributed by atoms with Crippen LogP contribution < -0.4 is 9.64 Å². The molecule has 0 N–H and O–H groups in total. The molecule has 6 nitrogen and oxygen atoms in total. The number of carbonyl (C=O) groups is 2. The number of piperazine rings is 1. The highest BCUT2D eigenvalue weighted by molar-refractivity contribution is 6.05. The molecule has 6 heteroatoms. The second-order valence-electron chi connectivity index (χ2n) is 7.24. The van der Waals surface area contributed by atoms with Gasteiger partial charge in [0.05, 0.1) is 26.1 Å². The van der Waals surface area contributed by atoms with E-state index in [1.165, 1.54) is 4.90 Å². The van der Waals surface area contributed by atoms with Crippen molar-refractivity contribution in [2.45, 2.75) is 19.0 Å². The second-order valence-corrected chi connectivity index (χ2v) is 7.24. The molecule has 0 aromatic heterocycles. The Hall–Kier alpha value is -2.86. The number of imide groups is 1. The quantitative estimate of drug-likeness (QED) is 0.745. The lowest BCUT2D eigenvalue weighted by atomic mass is 10.1. The van der Waals surface area contributed by atoms with Gasteiger partial charge in [-0.25, -0.2) is 0 Å². The van der Waals surface area contributed by atoms with Gasteiger partial charge < -0.3 is 9.64 Å². The van der Waals surface area contributed by atoms with Crippen molar-refractivity contribution in [3.05, 3.63) is 60.2 Å². The van der Waals surface area contributed by atoms with Crippen LogP contribution in [0.1, 0.15) is 12.0 Å². The highest BCUT2D eigenvalue weighted by atomic mass is 16.5. The molecule has 2 fully saturated rings. The van der Waals surface area contributed by atoms with Crippen molar-refractivity contribution in [1.29, 1.82) is 0 Å². The highest BCUT2D eigenvalue weighted by Gasteiger charge is 2.42. The number of likely N-dealkylation sites (tertiary alicyclic amines) is 1. The fourth-order valence-electron chi connectivity index (χ4n) is 3.97. The maximum absolute atomic E-state index is 12.9. The summed E-state index contributed by atoms with van der Waals surface area (Å²) in [5.41, 5.74) is 2.13. The molecule has 0 radical (unpaired) electrons. The number of carbonyl (C=O) groups excluding carboxylic acids is 2. The first-order valence-corrected chi connectivity index (χ1v) is 9.67. The van der Waals surface area contributed by atoms with E-state index >= 15 is 0 Å². The van der Waals surface area contributed by atoms with Crippen molar-refractivity contribution in [3.8, 4) is 5.75 Å². The number of methoxy groups -OCH3 is 1. The smallest absolute Gasteiger partial charge is 0.247 e. The van der Waals surface area contributed by atoms with Gasteiger partial charge in [-0.15, -0.1) is 0 Å². The number of nitrogens with zero attached hydrogens (tertiary/aromatic N) is 3. The molecule has 2 aromatic rings. The van der Waals surface area contributed by atoms with Crippen LogP contribution in [-0.4, -0.2) is 60.9 Å². The minimum Gasteiger partial charge on any atom is -0.497 e. The summed E-state index contributed by atoms with van der Waals surface area (Å²) >= 11 is 0. The predicted molar refractivity (Wildman–Crippen MR) is 107 cm³/mol. The maximum atomic E-state index is 12.9. The molecule has 2 heterocycles. The second kappa shape index (κ2) is 8.02. The summed E-state index contributed by atoms with van der Waals surface area (Å²) < 4.78 is 5.21. The normalized spacial score (nSPS) is 20.7. The molecule has 0 aliphatic carbocycles. The van der Waals surface area contributed by atoms with E-state index in [-0.39, 0.29) is 24.3 Å². The largest absolute Gasteiger partial charge is 0.497 e. The molecule has 0 unspecified atom stereocenters. The molecule has 2 aliphatic rings. The Balaban J connectivity index is 1.36. The first-order valence-electron chi connectivity index (χ1n) is 9.67. The minimum atomic E-state index is -0.325. The third kappa shape index (κ3) is 3.73. The van der Waals surface area contributed by atoms with E-state index in [1.54, 1.807) is 7.11 Å². The summed E-state index contributed by atoms with van der Waals surface area (Å²) in [6.45, 7) is 3.58. The van der Waals surface area contributed by atoms with E-state index in [2.05, 4.69) is 21.9 Å². The van der Waals surface area contributed by atoms with E-state index in [9.17, 15) is 9.59 Å². The standard InChI is InChI=1S/C22H25N3O3/c1-28-19-9-7-18(8-10-19)23-11-13-24(14-12-23)20-15-21(26)25(22(20)27)16-17-5-3-2-4-6-17/h2-10,20H,11-16H2,1H3/t20-/m0/s1. The van der Waals surface area contributed by atoms with Crippen molar-refractivity contribution in [2.75, 3.05) is 38.2 Å². The molecule has 1 atom stereocenters. The average molecular weight is 379 g/mol. The van der Waals surface area contributed by atoms with Crippen LogP contribution >= 0.6 is 0 Å². The van der Waals surface area contributed by atoms with Crippen molar-refractivity contribution < 1.29 is 14.3 Å². The fraction of sp³-hybridized carbons (Fsp3) is 0.364. The van der Waals surface area contributed by atoms with E-state index < -0.39 is 0 Å². The molecular formula is C22H25N3O3. The Morgan fingerprint density at radius 1 is 0.929 bits per heavy atom. The number of rotatable bonds is 5. The van der Waals surface area contributed by atoms with E-state index in [0.717, 1.165) is 43.2 Å². The monoisotopic (exact) mass is 379 g/mol. The van der Waals surface area contributed by atoms with Gasteiger partial charge in [-0.3, -0.25) is 19.4 Å². The van der Waals surface area contributed by atoms with Gasteiger partial charge in [0.25, 0.3) is 0 Å². The predicted octanol–water partition coefficient (Wildman–Crippen LogP) is 2.14. The maximum Gasteiger partial charge on any atom is 0.247 e. The van der Waals surface area contributed by atoms with Crippen molar-refractivity contribution >= 4 is 17.5 Å². The lowest BCUT2D eigenvalue weighted by Gasteiger charge is -2.38. The van der Waals surface area contributed by atoms with Crippen LogP contribution in [0.3, 0.4) is 0 Å². The van der Waals surface area contributed by atoms with Gasteiger partial charge in [-0.1, -0.05) is 30.3 Å². The van der Waals surface area contributed by atoms with Crippen molar-refractivity contribution in [2.24, 2.45) is 0 Å². The minimum absolute atomic E-state index is 0.0632. The number of hydrogen-bond acceptors (Lipinski definition) is 5. The first-order chi connectivity index (χ1) is 13.7. The molecular weight excluding hydrogens is 354 g/mol. The van der Waals surface area contributed by atoms with E-state index in [1.807, 2.05) is 42.5 Å². The van der Waals surface area contributed by atoms with Crippen LogP contribution in [-0.2, 0) is 16.1 Å². The van der Waals surface area contributed by atoms with E-state index in [0.29, 0.717) is 6.54 Å². The zero-order valence-corrected chi connectivity index (χ0v) is 16.1. The summed E-state index contributed by atoms with van der Waals surface area (Å²) in [7, 11) is 1.66. The third-order valence-electron chi connectivity index (χ3n) is 5.60. The number of ether oxygens (including phenoxy) is 1. The first kappa shape index (κ1) is 18.5. The number of anilines is 1. The van der Waals surface area contributed by atoms with Crippen molar-refractivity contribution in [3.63, 3.8) is 0 Å². The molecule has 28 heavy (non-hydrogen) atoms. The van der Waals surface area contributed by atoms with Gasteiger partial charge in [0.1, 0.15) is 5.75 Å². The van der Waals surface area contributed by atoms with Crippen LogP contribution in [0, 0.1) is 0 Å². The number of amides is 2. The Bertz CT molecular complexity index is 830. The number of benzene rings is 2. The SMILES string of the molecule is COc1ccc(N2CCN([C@H]3CC(=O)N(Cc4ccccc4)C3=O)CC2)cc1. The molecule has 0 bridgehead atoms. The molecule has 2 saturated heterocycles. The summed E-state index contributed by atoms with van der Waals surface area (Å²) in [5, 5.41) is 0. The third-order valence-corrected chi connectivity index (χ3v) is 5.60. The summed E-state index contributed by atoms with van der Waals surface area (Å²) in [6, 6.07) is 17.4. The van der Waals surface area contributed by atoms with Crippen molar-refractivity contribution in [1.82, 2.24) is 9.80 Å². The molecule has 2 amide bonds. The van der Waals surface area contributed by atoms with E-state index in [4.69, 9.17) is 4.74 Å². The van der Waals surface area contributed by atoms with Crippen LogP contribution in [0.25, 0.3) is 0 Å². The summed E-state index contributed by atoms with van der Waals surface area (Å²) in [4.78, 5) is 31.2. The lowest BCUT2D eigenvalue weighted by molar-refractivity contribution is -0.140. The van der Waals surface area contributed by atoms with Crippen LogP contribution in [0.2, 0.25) is 0 Å². The van der Waals surface area contributed by atoms with Gasteiger partial charge in [0.2, 0.25) is 11.8 Å². The summed E-state index contributed by atoms with van der Waals surface area (Å²) in [6.07, 6.45) is 0.286. The van der Waals surface area contributed by atoms with Gasteiger partial charge >= 0.3 is 0 Å². The molecule has 4 rings (SSSR count). The zero-order chi connectivity index (χ0) is 19.5. The molecule has 2 aromatic carbocycles. The van der Waals surface area contributed by atoms with Crippen LogP contribution in [0.15, 0.2) is 54.6 Å². The number of hydrogen-bond donors (Lipinski definition) is 0. The lowest BCUT2D eigenvalue weighted by Crippen LogP contribution is -2.52. The molecule has 146 valence electrons. The van der Waals surface area contributed by atoms with Crippen LogP contribution in [0.5, 0.6) is 5.75 Å². The fourth-order valence-corrected chi connectivity index (χ4v) is 3.97. The highest BCUT2D eigenvalue weighted by Crippen LogP contribution is 2.25. The Labute approximate surface area is 165 Å². The van der Waals surface area contributed by atoms with Gasteiger partial charge in [0.15, 0.2) is 0 Å². The molecule has 0 saturated carbocycles. The zero-order valence-electron chi connectivity index (χ0n) is 16.1. The Morgan fingerprint density at radius 3 is 2.25 bits per heavy atom. The Kier molecular flexibility index (Phi) is 5.30. The molecule has 2 aliphatic heterocycles. The topological polar surface area (TPSA) is 53.1 Å².